The molecule has 0 aliphatic carbocycles. The number of imide groups is 1. The first-order valence-corrected chi connectivity index (χ1v) is 10.7. The minimum Gasteiger partial charge on any atom is -0.456 e. The van der Waals surface area contributed by atoms with Crippen LogP contribution in [0, 0.1) is 10.1 Å². The van der Waals surface area contributed by atoms with Crippen molar-refractivity contribution in [2.75, 3.05) is 32.8 Å². The summed E-state index contributed by atoms with van der Waals surface area (Å²) in [5.74, 6) is -0.486. The van der Waals surface area contributed by atoms with Gasteiger partial charge in [0, 0.05) is 30.3 Å². The number of nitrogens with zero attached hydrogens (tertiary/aromatic N) is 3. The fraction of sp³-hybridized carbons (Fsp3) is 0.250. The van der Waals surface area contributed by atoms with E-state index in [1.165, 1.54) is 36.4 Å². The quantitative estimate of drug-likeness (QED) is 0.364. The Morgan fingerprint density at radius 1 is 1.22 bits per heavy atom. The topological polar surface area (TPSA) is 123 Å². The lowest BCUT2D eigenvalue weighted by Crippen LogP contribution is -2.46. The Balaban J connectivity index is 1.51. The molecule has 0 bridgehead atoms. The van der Waals surface area contributed by atoms with Gasteiger partial charge in [0.25, 0.3) is 16.8 Å². The summed E-state index contributed by atoms with van der Waals surface area (Å²) in [6.45, 7) is 1.32. The monoisotopic (exact) mass is 477 g/mol. The summed E-state index contributed by atoms with van der Waals surface area (Å²) in [6, 6.07) is 7.24. The number of halogens is 1. The van der Waals surface area contributed by atoms with Crippen molar-refractivity contribution in [3.63, 3.8) is 0 Å². The molecule has 4 rings (SSSR count). The van der Waals surface area contributed by atoms with Crippen molar-refractivity contribution in [3.8, 4) is 11.3 Å². The molecule has 12 heteroatoms. The predicted molar refractivity (Wildman–Crippen MR) is 116 cm³/mol. The van der Waals surface area contributed by atoms with Crippen LogP contribution in [0.1, 0.15) is 5.76 Å². The van der Waals surface area contributed by atoms with E-state index >= 15 is 0 Å². The van der Waals surface area contributed by atoms with E-state index in [1.807, 2.05) is 0 Å². The number of hydrogen-bond donors (Lipinski definition) is 0. The van der Waals surface area contributed by atoms with Gasteiger partial charge >= 0.3 is 0 Å². The number of carbonyl (C=O) groups excluding carboxylic acids is 3. The highest BCUT2D eigenvalue weighted by Crippen LogP contribution is 2.36. The fourth-order valence-corrected chi connectivity index (χ4v) is 4.24. The lowest BCUT2D eigenvalue weighted by Gasteiger charge is -2.27. The van der Waals surface area contributed by atoms with Crippen LogP contribution in [0.25, 0.3) is 17.4 Å². The van der Waals surface area contributed by atoms with Crippen molar-refractivity contribution in [3.05, 3.63) is 56.1 Å². The molecule has 2 aliphatic rings. The number of benzene rings is 1. The maximum Gasteiger partial charge on any atom is 0.294 e. The highest BCUT2D eigenvalue weighted by molar-refractivity contribution is 8.18. The smallest absolute Gasteiger partial charge is 0.294 e. The Kier molecular flexibility index (Phi) is 6.31. The van der Waals surface area contributed by atoms with Gasteiger partial charge < -0.3 is 14.1 Å². The third kappa shape index (κ3) is 4.54. The van der Waals surface area contributed by atoms with Gasteiger partial charge in [0.15, 0.2) is 0 Å². The zero-order valence-electron chi connectivity index (χ0n) is 16.5. The molecule has 10 nitrogen and oxygen atoms in total. The molecule has 0 atom stereocenters. The molecule has 0 radical (unpaired) electrons. The minimum atomic E-state index is -0.600. The molecule has 2 aromatic rings. The average molecular weight is 478 g/mol. The number of morpholine rings is 1. The van der Waals surface area contributed by atoms with Crippen LogP contribution in [0.15, 0.2) is 39.7 Å². The zero-order chi connectivity index (χ0) is 22.8. The van der Waals surface area contributed by atoms with Gasteiger partial charge in [0.2, 0.25) is 5.91 Å². The molecule has 2 fully saturated rings. The lowest BCUT2D eigenvalue weighted by atomic mass is 10.1. The molecule has 0 unspecified atom stereocenters. The Bertz CT molecular complexity index is 1140. The SMILES string of the molecule is O=C(CN1C(=O)S/C(=C\c2ccc(-c3ccc(Cl)cc3[N+](=O)[O-])o2)C1=O)N1CCOCC1. The summed E-state index contributed by atoms with van der Waals surface area (Å²) in [4.78, 5) is 50.6. The van der Waals surface area contributed by atoms with E-state index in [0.717, 1.165) is 4.90 Å². The van der Waals surface area contributed by atoms with Gasteiger partial charge in [-0.1, -0.05) is 11.6 Å². The number of nitro benzene ring substituents is 1. The van der Waals surface area contributed by atoms with Crippen molar-refractivity contribution in [1.29, 1.82) is 0 Å². The van der Waals surface area contributed by atoms with Gasteiger partial charge in [0.1, 0.15) is 18.1 Å². The van der Waals surface area contributed by atoms with Crippen LogP contribution >= 0.6 is 23.4 Å². The first-order valence-electron chi connectivity index (χ1n) is 9.48. The summed E-state index contributed by atoms with van der Waals surface area (Å²) in [5.41, 5.74) is 0.00334. The summed E-state index contributed by atoms with van der Waals surface area (Å²) in [7, 11) is 0. The zero-order valence-corrected chi connectivity index (χ0v) is 18.1. The van der Waals surface area contributed by atoms with Crippen molar-refractivity contribution < 1.29 is 28.5 Å². The molecule has 166 valence electrons. The van der Waals surface area contributed by atoms with E-state index in [1.54, 1.807) is 4.90 Å². The van der Waals surface area contributed by atoms with Crippen molar-refractivity contribution in [1.82, 2.24) is 9.80 Å². The molecule has 32 heavy (non-hydrogen) atoms. The number of carbonyl (C=O) groups is 3. The number of furan rings is 1. The summed E-state index contributed by atoms with van der Waals surface area (Å²) < 4.78 is 10.8. The van der Waals surface area contributed by atoms with E-state index in [-0.39, 0.29) is 45.2 Å². The van der Waals surface area contributed by atoms with Crippen molar-refractivity contribution >= 4 is 52.2 Å². The summed E-state index contributed by atoms with van der Waals surface area (Å²) in [5, 5.41) is 11.0. The predicted octanol–water partition coefficient (Wildman–Crippen LogP) is 3.40. The van der Waals surface area contributed by atoms with Crippen LogP contribution in [0.4, 0.5) is 10.5 Å². The van der Waals surface area contributed by atoms with Crippen molar-refractivity contribution in [2.24, 2.45) is 0 Å². The van der Waals surface area contributed by atoms with Crippen LogP contribution in [0.3, 0.4) is 0 Å². The number of rotatable bonds is 5. The summed E-state index contributed by atoms with van der Waals surface area (Å²) in [6.07, 6.45) is 1.37. The van der Waals surface area contributed by atoms with E-state index in [0.29, 0.717) is 38.1 Å². The molecular weight excluding hydrogens is 462 g/mol. The molecule has 3 amide bonds. The van der Waals surface area contributed by atoms with E-state index in [9.17, 15) is 24.5 Å². The van der Waals surface area contributed by atoms with Gasteiger partial charge in [-0.2, -0.15) is 0 Å². The molecule has 1 aromatic heterocycles. The second-order valence-corrected chi connectivity index (χ2v) is 8.31. The summed E-state index contributed by atoms with van der Waals surface area (Å²) >= 11 is 6.54. The molecule has 0 spiro atoms. The van der Waals surface area contributed by atoms with Crippen LogP contribution in [0.5, 0.6) is 0 Å². The second kappa shape index (κ2) is 9.15. The molecule has 1 aromatic carbocycles. The number of nitro groups is 1. The normalized spacial score (nSPS) is 18.0. The number of amides is 3. The van der Waals surface area contributed by atoms with Gasteiger partial charge in [-0.05, 0) is 36.0 Å². The molecule has 0 N–H and O–H groups in total. The van der Waals surface area contributed by atoms with Crippen LogP contribution in [-0.4, -0.2) is 64.6 Å². The lowest BCUT2D eigenvalue weighted by molar-refractivity contribution is -0.384. The Morgan fingerprint density at radius 2 is 1.97 bits per heavy atom. The molecular formula is C20H16ClN3O7S. The number of hydrogen-bond acceptors (Lipinski definition) is 8. The number of ether oxygens (including phenoxy) is 1. The van der Waals surface area contributed by atoms with Gasteiger partial charge in [-0.15, -0.1) is 0 Å². The van der Waals surface area contributed by atoms with Crippen LogP contribution in [-0.2, 0) is 14.3 Å². The first-order chi connectivity index (χ1) is 15.3. The highest BCUT2D eigenvalue weighted by Gasteiger charge is 2.37. The Hall–Kier alpha value is -3.15. The Morgan fingerprint density at radius 3 is 2.69 bits per heavy atom. The first kappa shape index (κ1) is 22.1. The van der Waals surface area contributed by atoms with Crippen LogP contribution in [0.2, 0.25) is 5.02 Å². The maximum atomic E-state index is 12.7. The second-order valence-electron chi connectivity index (χ2n) is 6.88. The third-order valence-corrected chi connectivity index (χ3v) is 6.00. The van der Waals surface area contributed by atoms with Crippen molar-refractivity contribution in [2.45, 2.75) is 0 Å². The van der Waals surface area contributed by atoms with Gasteiger partial charge in [-0.3, -0.25) is 29.4 Å². The third-order valence-electron chi connectivity index (χ3n) is 4.85. The maximum absolute atomic E-state index is 12.7. The average Bonchev–Trinajstić information content (AvgIpc) is 3.34. The minimum absolute atomic E-state index is 0.0938. The number of thioether (sulfide) groups is 1. The highest BCUT2D eigenvalue weighted by atomic mass is 35.5. The largest absolute Gasteiger partial charge is 0.456 e. The van der Waals surface area contributed by atoms with E-state index in [4.69, 9.17) is 20.8 Å². The van der Waals surface area contributed by atoms with E-state index < -0.39 is 16.1 Å². The molecule has 2 saturated heterocycles. The van der Waals surface area contributed by atoms with Gasteiger partial charge in [-0.25, -0.2) is 0 Å². The molecule has 0 saturated carbocycles. The molecule has 3 heterocycles. The van der Waals surface area contributed by atoms with Crippen LogP contribution < -0.4 is 0 Å². The standard InChI is InChI=1S/C20H16ClN3O7S/c21-12-1-3-14(15(9-12)24(28)29)16-4-2-13(31-16)10-17-19(26)23(20(27)32-17)11-18(25)22-5-7-30-8-6-22/h1-4,9-10H,5-8,11H2/b17-10-. The Labute approximate surface area is 190 Å². The van der Waals surface area contributed by atoms with Gasteiger partial charge in [0.05, 0.1) is 28.6 Å². The van der Waals surface area contributed by atoms with E-state index in [2.05, 4.69) is 0 Å². The molecule has 2 aliphatic heterocycles. The fourth-order valence-electron chi connectivity index (χ4n) is 3.25.